The van der Waals surface area contributed by atoms with E-state index in [1.165, 1.54) is 24.3 Å². The molecule has 9 nitrogen and oxygen atoms in total. The molecular weight excluding hydrogens is 475 g/mol. The van der Waals surface area contributed by atoms with Crippen molar-refractivity contribution in [1.82, 2.24) is 19.9 Å². The van der Waals surface area contributed by atoms with Crippen LogP contribution in [0.4, 0.5) is 16.2 Å². The molecule has 2 aliphatic heterocycles. The lowest BCUT2D eigenvalue weighted by Crippen LogP contribution is -2.49. The van der Waals surface area contributed by atoms with Crippen LogP contribution in [0.1, 0.15) is 49.0 Å². The lowest BCUT2D eigenvalue weighted by Gasteiger charge is -2.41. The summed E-state index contributed by atoms with van der Waals surface area (Å²) in [4.78, 5) is 37.3. The Morgan fingerprint density at radius 1 is 1.16 bits per heavy atom. The molecule has 4 atom stereocenters. The molecule has 2 amide bonds. The van der Waals surface area contributed by atoms with E-state index in [0.717, 1.165) is 50.1 Å². The van der Waals surface area contributed by atoms with Crippen LogP contribution in [0.3, 0.4) is 0 Å². The number of anilines is 2. The van der Waals surface area contributed by atoms with Crippen molar-refractivity contribution >= 4 is 34.6 Å². The van der Waals surface area contributed by atoms with Crippen LogP contribution < -0.4 is 15.5 Å². The molecule has 6 rings (SSSR count). The molecule has 0 bridgehead atoms. The molecule has 1 aromatic carbocycles. The zero-order valence-electron chi connectivity index (χ0n) is 20.8. The SMILES string of the molecule is CC1CC2CC(n3c(NC(=O)c4ccc(F)cc4)nc4cnc(N5CCOCC5)cc43)CCC2C(=O)N1. The lowest BCUT2D eigenvalue weighted by atomic mass is 9.71. The van der Waals surface area contributed by atoms with Gasteiger partial charge < -0.3 is 19.5 Å². The predicted octanol–water partition coefficient (Wildman–Crippen LogP) is 3.53. The van der Waals surface area contributed by atoms with E-state index >= 15 is 0 Å². The minimum absolute atomic E-state index is 0.0325. The summed E-state index contributed by atoms with van der Waals surface area (Å²) in [5.41, 5.74) is 1.96. The van der Waals surface area contributed by atoms with Gasteiger partial charge in [0, 0.05) is 42.7 Å². The number of nitrogens with one attached hydrogen (secondary N) is 2. The predicted molar refractivity (Wildman–Crippen MR) is 137 cm³/mol. The van der Waals surface area contributed by atoms with Gasteiger partial charge >= 0.3 is 0 Å². The third-order valence-electron chi connectivity index (χ3n) is 7.93. The third-order valence-corrected chi connectivity index (χ3v) is 7.93. The van der Waals surface area contributed by atoms with E-state index in [1.54, 1.807) is 6.20 Å². The molecule has 2 N–H and O–H groups in total. The van der Waals surface area contributed by atoms with Gasteiger partial charge in [0.15, 0.2) is 0 Å². The Balaban J connectivity index is 1.37. The van der Waals surface area contributed by atoms with Gasteiger partial charge in [0.1, 0.15) is 17.2 Å². The molecule has 2 saturated heterocycles. The lowest BCUT2D eigenvalue weighted by molar-refractivity contribution is -0.131. The van der Waals surface area contributed by atoms with E-state index < -0.39 is 5.82 Å². The summed E-state index contributed by atoms with van der Waals surface area (Å²) in [6, 6.07) is 7.74. The van der Waals surface area contributed by atoms with Crippen LogP contribution in [0, 0.1) is 17.7 Å². The number of ether oxygens (including phenoxy) is 1. The van der Waals surface area contributed by atoms with Crippen molar-refractivity contribution in [3.63, 3.8) is 0 Å². The van der Waals surface area contributed by atoms with Gasteiger partial charge in [0.25, 0.3) is 5.91 Å². The van der Waals surface area contributed by atoms with Crippen molar-refractivity contribution < 1.29 is 18.7 Å². The number of nitrogens with zero attached hydrogens (tertiary/aromatic N) is 4. The number of benzene rings is 1. The van der Waals surface area contributed by atoms with Gasteiger partial charge in [-0.3, -0.25) is 14.9 Å². The maximum atomic E-state index is 13.4. The van der Waals surface area contributed by atoms with Gasteiger partial charge in [-0.2, -0.15) is 0 Å². The monoisotopic (exact) mass is 506 g/mol. The summed E-state index contributed by atoms with van der Waals surface area (Å²) in [7, 11) is 0. The van der Waals surface area contributed by atoms with E-state index in [-0.39, 0.29) is 35.7 Å². The van der Waals surface area contributed by atoms with Crippen molar-refractivity contribution in [3.8, 4) is 0 Å². The molecule has 1 saturated carbocycles. The number of carbonyl (C=O) groups excluding carboxylic acids is 2. The first kappa shape index (κ1) is 23.8. The summed E-state index contributed by atoms with van der Waals surface area (Å²) >= 11 is 0. The number of imidazole rings is 1. The summed E-state index contributed by atoms with van der Waals surface area (Å²) in [6.45, 7) is 4.90. The number of halogens is 1. The van der Waals surface area contributed by atoms with E-state index in [4.69, 9.17) is 9.72 Å². The number of morpholine rings is 1. The molecular formula is C27H31FN6O3. The van der Waals surface area contributed by atoms with Gasteiger partial charge in [-0.1, -0.05) is 0 Å². The normalized spacial score (nSPS) is 26.0. The van der Waals surface area contributed by atoms with Gasteiger partial charge in [0.2, 0.25) is 11.9 Å². The highest BCUT2D eigenvalue weighted by Gasteiger charge is 2.40. The Bertz CT molecular complexity index is 1320. The Labute approximate surface area is 214 Å². The number of pyridine rings is 1. The van der Waals surface area contributed by atoms with Crippen molar-refractivity contribution in [1.29, 1.82) is 0 Å². The topological polar surface area (TPSA) is 101 Å². The van der Waals surface area contributed by atoms with E-state index in [9.17, 15) is 14.0 Å². The van der Waals surface area contributed by atoms with Crippen molar-refractivity contribution in [2.45, 2.75) is 44.7 Å². The second-order valence-corrected chi connectivity index (χ2v) is 10.4. The van der Waals surface area contributed by atoms with Crippen LogP contribution in [0.2, 0.25) is 0 Å². The Morgan fingerprint density at radius 2 is 1.95 bits per heavy atom. The molecule has 3 aliphatic rings. The largest absolute Gasteiger partial charge is 0.378 e. The van der Waals surface area contributed by atoms with Gasteiger partial charge in [0.05, 0.1) is 24.9 Å². The fourth-order valence-corrected chi connectivity index (χ4v) is 6.13. The smallest absolute Gasteiger partial charge is 0.257 e. The first-order chi connectivity index (χ1) is 18.0. The van der Waals surface area contributed by atoms with E-state index in [1.807, 2.05) is 6.07 Å². The van der Waals surface area contributed by atoms with Crippen LogP contribution in [0.5, 0.6) is 0 Å². The van der Waals surface area contributed by atoms with Crippen molar-refractivity contribution in [2.24, 2.45) is 11.8 Å². The highest BCUT2D eigenvalue weighted by atomic mass is 19.1. The number of carbonyl (C=O) groups is 2. The zero-order chi connectivity index (χ0) is 25.5. The first-order valence-electron chi connectivity index (χ1n) is 13.0. The molecule has 3 fully saturated rings. The van der Waals surface area contributed by atoms with Crippen molar-refractivity contribution in [2.75, 3.05) is 36.5 Å². The highest BCUT2D eigenvalue weighted by molar-refractivity contribution is 6.04. The van der Waals surface area contributed by atoms with Gasteiger partial charge in [-0.05, 0) is 62.8 Å². The quantitative estimate of drug-likeness (QED) is 0.562. The fraction of sp³-hybridized carbons (Fsp3) is 0.481. The van der Waals surface area contributed by atoms with E-state index in [2.05, 4.69) is 32.0 Å². The zero-order valence-corrected chi connectivity index (χ0v) is 20.8. The Hall–Kier alpha value is -3.53. The fourth-order valence-electron chi connectivity index (χ4n) is 6.13. The number of amides is 2. The molecule has 1 aliphatic carbocycles. The maximum Gasteiger partial charge on any atom is 0.257 e. The second kappa shape index (κ2) is 9.74. The molecule has 0 spiro atoms. The summed E-state index contributed by atoms with van der Waals surface area (Å²) < 4.78 is 21.0. The molecule has 4 unspecified atom stereocenters. The number of piperidine rings is 1. The summed E-state index contributed by atoms with van der Waals surface area (Å²) in [5, 5.41) is 6.07. The minimum Gasteiger partial charge on any atom is -0.378 e. The van der Waals surface area contributed by atoms with Gasteiger partial charge in [-0.25, -0.2) is 14.4 Å². The average Bonchev–Trinajstić information content (AvgIpc) is 3.26. The Kier molecular flexibility index (Phi) is 6.27. The highest BCUT2D eigenvalue weighted by Crippen LogP contribution is 2.43. The molecule has 3 aromatic rings. The minimum atomic E-state index is -0.395. The molecule has 10 heteroatoms. The second-order valence-electron chi connectivity index (χ2n) is 10.4. The number of hydrogen-bond donors (Lipinski definition) is 2. The van der Waals surface area contributed by atoms with Crippen LogP contribution in [-0.4, -0.2) is 58.7 Å². The molecule has 2 aromatic heterocycles. The third kappa shape index (κ3) is 4.66. The Morgan fingerprint density at radius 3 is 2.73 bits per heavy atom. The number of aromatic nitrogens is 3. The average molecular weight is 507 g/mol. The maximum absolute atomic E-state index is 13.4. The van der Waals surface area contributed by atoms with E-state index in [0.29, 0.717) is 30.2 Å². The van der Waals surface area contributed by atoms with Crippen LogP contribution >= 0.6 is 0 Å². The molecule has 4 heterocycles. The first-order valence-corrected chi connectivity index (χ1v) is 13.0. The number of fused-ring (bicyclic) bond motifs is 2. The van der Waals surface area contributed by atoms with Crippen LogP contribution in [0.25, 0.3) is 11.0 Å². The number of hydrogen-bond acceptors (Lipinski definition) is 6. The molecule has 0 radical (unpaired) electrons. The number of rotatable bonds is 4. The molecule has 194 valence electrons. The summed E-state index contributed by atoms with van der Waals surface area (Å²) in [6.07, 6.45) is 5.13. The van der Waals surface area contributed by atoms with Crippen LogP contribution in [0.15, 0.2) is 36.5 Å². The summed E-state index contributed by atoms with van der Waals surface area (Å²) in [5.74, 6) is 1.02. The standard InChI is InChI=1S/C27H31FN6O3/c1-16-12-18-13-20(6-7-21(18)26(36)30-16)34-23-14-24(33-8-10-37-11-9-33)29-15-22(23)31-27(34)32-25(35)17-2-4-19(28)5-3-17/h2-5,14-16,18,20-21H,6-13H2,1H3,(H,30,36)(H,31,32,35). The van der Waals surface area contributed by atoms with Crippen molar-refractivity contribution in [3.05, 3.63) is 47.9 Å². The van der Waals surface area contributed by atoms with Gasteiger partial charge in [-0.15, -0.1) is 0 Å². The molecule has 37 heavy (non-hydrogen) atoms. The van der Waals surface area contributed by atoms with Crippen LogP contribution in [-0.2, 0) is 9.53 Å².